The molecule has 62 valence electrons. The van der Waals surface area contributed by atoms with E-state index in [-0.39, 0.29) is 0 Å². The minimum absolute atomic E-state index is 0.634. The SMILES string of the molecule is C[Si](C)(C)C#CC1(O)CSC1. The lowest BCUT2D eigenvalue weighted by Gasteiger charge is -2.30. The fourth-order valence-corrected chi connectivity index (χ4v) is 2.01. The van der Waals surface area contributed by atoms with E-state index < -0.39 is 13.7 Å². The highest BCUT2D eigenvalue weighted by atomic mass is 32.2. The van der Waals surface area contributed by atoms with E-state index >= 15 is 0 Å². The number of aliphatic hydroxyl groups is 1. The summed E-state index contributed by atoms with van der Waals surface area (Å²) in [4.78, 5) is 0. The van der Waals surface area contributed by atoms with Crippen LogP contribution in [0.3, 0.4) is 0 Å². The first-order chi connectivity index (χ1) is 4.91. The van der Waals surface area contributed by atoms with E-state index in [1.807, 2.05) is 0 Å². The lowest BCUT2D eigenvalue weighted by Crippen LogP contribution is -2.42. The summed E-state index contributed by atoms with van der Waals surface area (Å²) in [6.07, 6.45) is 0. The molecule has 1 aliphatic heterocycles. The predicted molar refractivity (Wildman–Crippen MR) is 53.4 cm³/mol. The van der Waals surface area contributed by atoms with Gasteiger partial charge in [-0.25, -0.2) is 0 Å². The van der Waals surface area contributed by atoms with Gasteiger partial charge in [0, 0.05) is 11.5 Å². The number of rotatable bonds is 0. The van der Waals surface area contributed by atoms with Crippen LogP contribution in [0.2, 0.25) is 19.6 Å². The van der Waals surface area contributed by atoms with Crippen molar-refractivity contribution in [2.45, 2.75) is 25.2 Å². The van der Waals surface area contributed by atoms with Crippen molar-refractivity contribution in [2.75, 3.05) is 11.5 Å². The van der Waals surface area contributed by atoms with Gasteiger partial charge in [-0.15, -0.1) is 5.54 Å². The Kier molecular flexibility index (Phi) is 2.38. The molecule has 0 spiro atoms. The van der Waals surface area contributed by atoms with Crippen LogP contribution in [0.1, 0.15) is 0 Å². The van der Waals surface area contributed by atoms with E-state index in [1.54, 1.807) is 11.8 Å². The van der Waals surface area contributed by atoms with Crippen LogP contribution in [-0.4, -0.2) is 30.3 Å². The van der Waals surface area contributed by atoms with Crippen LogP contribution in [0.5, 0.6) is 0 Å². The van der Waals surface area contributed by atoms with Gasteiger partial charge in [-0.3, -0.25) is 0 Å². The van der Waals surface area contributed by atoms with Crippen LogP contribution in [0.4, 0.5) is 0 Å². The third-order valence-electron chi connectivity index (χ3n) is 1.35. The monoisotopic (exact) mass is 186 g/mol. The fraction of sp³-hybridized carbons (Fsp3) is 0.750. The normalized spacial score (nSPS) is 21.5. The molecule has 1 nitrogen and oxygen atoms in total. The van der Waals surface area contributed by atoms with Gasteiger partial charge in [0.05, 0.1) is 0 Å². The second-order valence-electron chi connectivity index (χ2n) is 4.02. The lowest BCUT2D eigenvalue weighted by atomic mass is 10.1. The Hall–Kier alpha value is 0.0869. The van der Waals surface area contributed by atoms with Crippen LogP contribution in [0.15, 0.2) is 0 Å². The quantitative estimate of drug-likeness (QED) is 0.455. The number of hydrogen-bond acceptors (Lipinski definition) is 2. The Bertz CT molecular complexity index is 204. The van der Waals surface area contributed by atoms with E-state index in [0.29, 0.717) is 0 Å². The van der Waals surface area contributed by atoms with Gasteiger partial charge in [0.25, 0.3) is 0 Å². The van der Waals surface area contributed by atoms with Gasteiger partial charge < -0.3 is 5.11 Å². The van der Waals surface area contributed by atoms with Crippen molar-refractivity contribution in [1.29, 1.82) is 0 Å². The molecule has 0 amide bonds. The van der Waals surface area contributed by atoms with Gasteiger partial charge in [-0.05, 0) is 0 Å². The summed E-state index contributed by atoms with van der Waals surface area (Å²) < 4.78 is 0. The van der Waals surface area contributed by atoms with Crippen molar-refractivity contribution in [1.82, 2.24) is 0 Å². The molecule has 0 aromatic rings. The molecule has 11 heavy (non-hydrogen) atoms. The van der Waals surface area contributed by atoms with Crippen molar-refractivity contribution in [3.63, 3.8) is 0 Å². The Morgan fingerprint density at radius 1 is 1.36 bits per heavy atom. The molecule has 3 heteroatoms. The van der Waals surface area contributed by atoms with E-state index in [1.165, 1.54) is 0 Å². The summed E-state index contributed by atoms with van der Waals surface area (Å²) in [7, 11) is -1.28. The molecule has 0 atom stereocenters. The first kappa shape index (κ1) is 9.18. The Morgan fingerprint density at radius 2 is 1.91 bits per heavy atom. The molecule has 1 fully saturated rings. The standard InChI is InChI=1S/C8H14OSSi/c1-11(2,3)5-4-8(9)6-10-7-8/h9H,6-7H2,1-3H3. The van der Waals surface area contributed by atoms with Crippen LogP contribution in [0, 0.1) is 11.5 Å². The molecule has 0 bridgehead atoms. The second-order valence-corrected chi connectivity index (χ2v) is 9.76. The minimum atomic E-state index is -1.28. The maximum absolute atomic E-state index is 9.60. The summed E-state index contributed by atoms with van der Waals surface area (Å²) >= 11 is 1.76. The zero-order valence-electron chi connectivity index (χ0n) is 7.27. The third kappa shape index (κ3) is 2.90. The molecule has 0 aliphatic carbocycles. The second kappa shape index (κ2) is 2.85. The van der Waals surface area contributed by atoms with Crippen molar-refractivity contribution >= 4 is 19.8 Å². The Morgan fingerprint density at radius 3 is 2.18 bits per heavy atom. The smallest absolute Gasteiger partial charge is 0.142 e. The van der Waals surface area contributed by atoms with Crippen molar-refractivity contribution in [3.8, 4) is 11.5 Å². The Labute approximate surface area is 73.6 Å². The zero-order chi connectivity index (χ0) is 8.54. The van der Waals surface area contributed by atoms with Crippen molar-refractivity contribution in [3.05, 3.63) is 0 Å². The zero-order valence-corrected chi connectivity index (χ0v) is 9.09. The molecule has 0 radical (unpaired) electrons. The topological polar surface area (TPSA) is 20.2 Å². The molecular formula is C8H14OSSi. The first-order valence-corrected chi connectivity index (χ1v) is 8.41. The van der Waals surface area contributed by atoms with E-state index in [0.717, 1.165) is 11.5 Å². The molecule has 1 heterocycles. The number of hydrogen-bond donors (Lipinski definition) is 1. The van der Waals surface area contributed by atoms with Gasteiger partial charge in [-0.1, -0.05) is 25.6 Å². The van der Waals surface area contributed by atoms with Gasteiger partial charge in [-0.2, -0.15) is 11.8 Å². The summed E-state index contributed by atoms with van der Waals surface area (Å²) in [5.41, 5.74) is 2.56. The summed E-state index contributed by atoms with van der Waals surface area (Å²) in [5, 5.41) is 9.60. The van der Waals surface area contributed by atoms with Crippen molar-refractivity contribution in [2.24, 2.45) is 0 Å². The van der Waals surface area contributed by atoms with Crippen molar-refractivity contribution < 1.29 is 5.11 Å². The van der Waals surface area contributed by atoms with E-state index in [9.17, 15) is 5.11 Å². The van der Waals surface area contributed by atoms with Crippen LogP contribution >= 0.6 is 11.8 Å². The average molecular weight is 186 g/mol. The molecule has 1 aliphatic rings. The van der Waals surface area contributed by atoms with Gasteiger partial charge in [0.2, 0.25) is 0 Å². The third-order valence-corrected chi connectivity index (χ3v) is 3.59. The largest absolute Gasteiger partial charge is 0.376 e. The molecular weight excluding hydrogens is 172 g/mol. The maximum atomic E-state index is 9.60. The van der Waals surface area contributed by atoms with Crippen LogP contribution in [-0.2, 0) is 0 Å². The molecule has 0 unspecified atom stereocenters. The molecule has 0 aromatic heterocycles. The lowest BCUT2D eigenvalue weighted by molar-refractivity contribution is 0.142. The van der Waals surface area contributed by atoms with Gasteiger partial charge in [0.15, 0.2) is 0 Å². The maximum Gasteiger partial charge on any atom is 0.142 e. The summed E-state index contributed by atoms with van der Waals surface area (Å²) in [6, 6.07) is 0. The molecule has 1 rings (SSSR count). The Balaban J connectivity index is 2.56. The first-order valence-electron chi connectivity index (χ1n) is 3.76. The van der Waals surface area contributed by atoms with Gasteiger partial charge in [0.1, 0.15) is 13.7 Å². The summed E-state index contributed by atoms with van der Waals surface area (Å²) in [6.45, 7) is 6.57. The number of thioether (sulfide) groups is 1. The highest BCUT2D eigenvalue weighted by Crippen LogP contribution is 2.28. The minimum Gasteiger partial charge on any atom is -0.376 e. The molecule has 0 aromatic carbocycles. The highest BCUT2D eigenvalue weighted by molar-refractivity contribution is 8.00. The average Bonchev–Trinajstić information content (AvgIpc) is 1.77. The van der Waals surface area contributed by atoms with Crippen LogP contribution in [0.25, 0.3) is 0 Å². The predicted octanol–water partition coefficient (Wildman–Crippen LogP) is 1.35. The summed E-state index contributed by atoms with van der Waals surface area (Å²) in [5.74, 6) is 4.57. The molecule has 0 saturated carbocycles. The van der Waals surface area contributed by atoms with Gasteiger partial charge >= 0.3 is 0 Å². The molecule has 1 saturated heterocycles. The molecule has 1 N–H and O–H groups in total. The van der Waals surface area contributed by atoms with E-state index in [4.69, 9.17) is 0 Å². The van der Waals surface area contributed by atoms with Crippen LogP contribution < -0.4 is 0 Å². The highest BCUT2D eigenvalue weighted by Gasteiger charge is 2.33. The fourth-order valence-electron chi connectivity index (χ4n) is 0.671. The van der Waals surface area contributed by atoms with E-state index in [2.05, 4.69) is 31.1 Å².